The van der Waals surface area contributed by atoms with E-state index in [1.165, 1.54) is 0 Å². The fourth-order valence-corrected chi connectivity index (χ4v) is 2.08. The van der Waals surface area contributed by atoms with Gasteiger partial charge in [0, 0.05) is 6.61 Å². The molecule has 2 atom stereocenters. The molecule has 1 fully saturated rings. The third-order valence-corrected chi connectivity index (χ3v) is 3.19. The number of aliphatic hydroxyl groups is 1. The number of nitrogens with zero attached hydrogens (tertiary/aromatic N) is 1. The standard InChI is InChI=1S/C10H17NO2/c1-4-8(12)10(7-11)5-6-13-9(10,2)3/h8,12H,4-6H2,1-3H3. The van der Waals surface area contributed by atoms with Crippen LogP contribution in [0.1, 0.15) is 33.6 Å². The molecular formula is C10H17NO2. The summed E-state index contributed by atoms with van der Waals surface area (Å²) in [4.78, 5) is 0. The molecule has 0 radical (unpaired) electrons. The van der Waals surface area contributed by atoms with E-state index in [2.05, 4.69) is 6.07 Å². The summed E-state index contributed by atoms with van der Waals surface area (Å²) in [7, 11) is 0. The van der Waals surface area contributed by atoms with E-state index in [4.69, 9.17) is 10.00 Å². The van der Waals surface area contributed by atoms with Gasteiger partial charge in [-0.2, -0.15) is 5.26 Å². The van der Waals surface area contributed by atoms with Crippen molar-refractivity contribution in [3.05, 3.63) is 0 Å². The highest BCUT2D eigenvalue weighted by Crippen LogP contribution is 2.46. The minimum atomic E-state index is -0.720. The number of aliphatic hydroxyl groups excluding tert-OH is 1. The highest BCUT2D eigenvalue weighted by atomic mass is 16.5. The van der Waals surface area contributed by atoms with Gasteiger partial charge in [0.2, 0.25) is 0 Å². The molecule has 0 spiro atoms. The largest absolute Gasteiger partial charge is 0.391 e. The van der Waals surface area contributed by atoms with Gasteiger partial charge in [0.1, 0.15) is 5.41 Å². The summed E-state index contributed by atoms with van der Waals surface area (Å²) in [5.41, 5.74) is -1.25. The summed E-state index contributed by atoms with van der Waals surface area (Å²) < 4.78 is 5.49. The van der Waals surface area contributed by atoms with Crippen LogP contribution in [0.3, 0.4) is 0 Å². The van der Waals surface area contributed by atoms with E-state index in [1.54, 1.807) is 0 Å². The number of hydrogen-bond donors (Lipinski definition) is 1. The van der Waals surface area contributed by atoms with Crippen molar-refractivity contribution in [2.24, 2.45) is 5.41 Å². The average molecular weight is 183 g/mol. The first-order chi connectivity index (χ1) is 6.00. The van der Waals surface area contributed by atoms with E-state index in [9.17, 15) is 5.11 Å². The molecule has 74 valence electrons. The van der Waals surface area contributed by atoms with Crippen LogP contribution in [0.25, 0.3) is 0 Å². The monoisotopic (exact) mass is 183 g/mol. The summed E-state index contributed by atoms with van der Waals surface area (Å²) in [6, 6.07) is 2.24. The quantitative estimate of drug-likeness (QED) is 0.705. The number of rotatable bonds is 2. The lowest BCUT2D eigenvalue weighted by Crippen LogP contribution is -2.47. The first kappa shape index (κ1) is 10.5. The average Bonchev–Trinajstić information content (AvgIpc) is 2.40. The zero-order valence-electron chi connectivity index (χ0n) is 8.50. The normalized spacial score (nSPS) is 34.1. The molecule has 0 bridgehead atoms. The van der Waals surface area contributed by atoms with E-state index in [1.807, 2.05) is 20.8 Å². The van der Waals surface area contributed by atoms with E-state index < -0.39 is 17.1 Å². The maximum Gasteiger partial charge on any atom is 0.114 e. The fourth-order valence-electron chi connectivity index (χ4n) is 2.08. The second-order valence-electron chi connectivity index (χ2n) is 4.12. The van der Waals surface area contributed by atoms with Crippen molar-refractivity contribution in [1.82, 2.24) is 0 Å². The second-order valence-corrected chi connectivity index (χ2v) is 4.12. The fraction of sp³-hybridized carbons (Fsp3) is 0.900. The lowest BCUT2D eigenvalue weighted by Gasteiger charge is -2.37. The lowest BCUT2D eigenvalue weighted by atomic mass is 9.69. The summed E-state index contributed by atoms with van der Waals surface area (Å²) >= 11 is 0. The van der Waals surface area contributed by atoms with Crippen molar-refractivity contribution < 1.29 is 9.84 Å². The Bertz CT molecular complexity index is 232. The number of nitriles is 1. The van der Waals surface area contributed by atoms with Gasteiger partial charge in [-0.3, -0.25) is 0 Å². The van der Waals surface area contributed by atoms with Crippen LogP contribution >= 0.6 is 0 Å². The zero-order valence-corrected chi connectivity index (χ0v) is 8.50. The lowest BCUT2D eigenvalue weighted by molar-refractivity contribution is -0.0642. The Kier molecular flexibility index (Phi) is 2.65. The molecule has 1 N–H and O–H groups in total. The van der Waals surface area contributed by atoms with Crippen molar-refractivity contribution in [2.45, 2.75) is 45.3 Å². The molecule has 0 amide bonds. The molecule has 1 saturated heterocycles. The Balaban J connectivity index is 3.00. The Morgan fingerprint density at radius 3 is 2.54 bits per heavy atom. The molecule has 2 unspecified atom stereocenters. The van der Waals surface area contributed by atoms with E-state index in [0.717, 1.165) is 0 Å². The van der Waals surface area contributed by atoms with Gasteiger partial charge >= 0.3 is 0 Å². The van der Waals surface area contributed by atoms with Crippen LogP contribution in [0, 0.1) is 16.7 Å². The minimum absolute atomic E-state index is 0.531. The van der Waals surface area contributed by atoms with Crippen molar-refractivity contribution in [3.8, 4) is 6.07 Å². The van der Waals surface area contributed by atoms with E-state index >= 15 is 0 Å². The molecule has 0 aliphatic carbocycles. The summed E-state index contributed by atoms with van der Waals surface area (Å²) in [5, 5.41) is 19.0. The smallest absolute Gasteiger partial charge is 0.114 e. The van der Waals surface area contributed by atoms with Crippen molar-refractivity contribution in [3.63, 3.8) is 0 Å². The Labute approximate surface area is 79.3 Å². The van der Waals surface area contributed by atoms with E-state index in [0.29, 0.717) is 19.4 Å². The molecule has 1 heterocycles. The summed E-state index contributed by atoms with van der Waals surface area (Å²) in [5.74, 6) is 0. The predicted molar refractivity (Wildman–Crippen MR) is 49.0 cm³/mol. The first-order valence-corrected chi connectivity index (χ1v) is 4.73. The molecule has 0 saturated carbocycles. The van der Waals surface area contributed by atoms with Gasteiger partial charge in [-0.15, -0.1) is 0 Å². The topological polar surface area (TPSA) is 53.2 Å². The maximum absolute atomic E-state index is 9.84. The molecular weight excluding hydrogens is 166 g/mol. The third-order valence-electron chi connectivity index (χ3n) is 3.19. The van der Waals surface area contributed by atoms with Gasteiger partial charge in [0.05, 0.1) is 17.8 Å². The van der Waals surface area contributed by atoms with Crippen molar-refractivity contribution in [1.29, 1.82) is 5.26 Å². The summed E-state index contributed by atoms with van der Waals surface area (Å²) in [6.45, 7) is 6.21. The van der Waals surface area contributed by atoms with Crippen LogP contribution in [0.2, 0.25) is 0 Å². The SMILES string of the molecule is CCC(O)C1(C#N)CCOC1(C)C. The predicted octanol–water partition coefficient (Wildman–Crippen LogP) is 1.47. The third kappa shape index (κ3) is 1.34. The van der Waals surface area contributed by atoms with Crippen molar-refractivity contribution in [2.75, 3.05) is 6.61 Å². The highest BCUT2D eigenvalue weighted by molar-refractivity contribution is 5.15. The number of hydrogen-bond acceptors (Lipinski definition) is 3. The Morgan fingerprint density at radius 1 is 1.62 bits per heavy atom. The van der Waals surface area contributed by atoms with Gasteiger partial charge < -0.3 is 9.84 Å². The van der Waals surface area contributed by atoms with Crippen LogP contribution in [0.15, 0.2) is 0 Å². The van der Waals surface area contributed by atoms with Crippen LogP contribution in [-0.2, 0) is 4.74 Å². The Morgan fingerprint density at radius 2 is 2.23 bits per heavy atom. The molecule has 0 aromatic rings. The van der Waals surface area contributed by atoms with E-state index in [-0.39, 0.29) is 0 Å². The van der Waals surface area contributed by atoms with Crippen molar-refractivity contribution >= 4 is 0 Å². The molecule has 3 nitrogen and oxygen atoms in total. The molecule has 1 aliphatic rings. The van der Waals surface area contributed by atoms with Gasteiger partial charge in [-0.25, -0.2) is 0 Å². The highest BCUT2D eigenvalue weighted by Gasteiger charge is 2.54. The summed E-state index contributed by atoms with van der Waals surface area (Å²) in [6.07, 6.45) is 0.640. The van der Waals surface area contributed by atoms with Crippen LogP contribution in [0.4, 0.5) is 0 Å². The second kappa shape index (κ2) is 3.28. The molecule has 1 aliphatic heterocycles. The molecule has 1 rings (SSSR count). The molecule has 0 aromatic heterocycles. The molecule has 13 heavy (non-hydrogen) atoms. The van der Waals surface area contributed by atoms with Gasteiger partial charge in [0.15, 0.2) is 0 Å². The number of ether oxygens (including phenoxy) is 1. The first-order valence-electron chi connectivity index (χ1n) is 4.73. The molecule has 3 heteroatoms. The molecule has 0 aromatic carbocycles. The van der Waals surface area contributed by atoms with Gasteiger partial charge in [-0.1, -0.05) is 6.92 Å². The van der Waals surface area contributed by atoms with Crippen LogP contribution in [-0.4, -0.2) is 23.4 Å². The van der Waals surface area contributed by atoms with Crippen LogP contribution < -0.4 is 0 Å². The zero-order chi connectivity index (χ0) is 10.1. The minimum Gasteiger partial charge on any atom is -0.391 e. The maximum atomic E-state index is 9.84. The Hall–Kier alpha value is -0.590. The van der Waals surface area contributed by atoms with Crippen LogP contribution in [0.5, 0.6) is 0 Å². The van der Waals surface area contributed by atoms with Gasteiger partial charge in [0.25, 0.3) is 0 Å². The van der Waals surface area contributed by atoms with Gasteiger partial charge in [-0.05, 0) is 26.7 Å².